The minimum Gasteiger partial charge on any atom is -0.399 e. The molecule has 1 aliphatic carbocycles. The third kappa shape index (κ3) is 5.71. The number of fused-ring (bicyclic) bond motifs is 1. The van der Waals surface area contributed by atoms with Gasteiger partial charge >= 0.3 is 6.36 Å². The first kappa shape index (κ1) is 23.4. The van der Waals surface area contributed by atoms with E-state index in [2.05, 4.69) is 4.74 Å². The van der Waals surface area contributed by atoms with Crippen molar-refractivity contribution in [1.82, 2.24) is 0 Å². The molecule has 0 aromatic heterocycles. The molecule has 0 bridgehead atoms. The van der Waals surface area contributed by atoms with Crippen LogP contribution in [0.25, 0.3) is 0 Å². The van der Waals surface area contributed by atoms with E-state index in [4.69, 9.17) is 0 Å². The van der Waals surface area contributed by atoms with E-state index in [1.165, 1.54) is 12.1 Å². The molecule has 0 aliphatic heterocycles. The van der Waals surface area contributed by atoms with E-state index in [9.17, 15) is 30.7 Å². The number of aryl methyl sites for hydroxylation is 1. The molecule has 0 radical (unpaired) electrons. The van der Waals surface area contributed by atoms with Crippen molar-refractivity contribution in [3.8, 4) is 5.75 Å². The van der Waals surface area contributed by atoms with E-state index in [1.807, 2.05) is 6.92 Å². The second-order valence-electron chi connectivity index (χ2n) is 7.98. The van der Waals surface area contributed by atoms with E-state index < -0.39 is 35.4 Å². The molecule has 8 heteroatoms. The molecule has 3 rings (SSSR count). The molecule has 0 heterocycles. The molecule has 0 fully saturated rings. The predicted octanol–water partition coefficient (Wildman–Crippen LogP) is 7.22. The Kier molecular flexibility index (Phi) is 7.17. The Hall–Kier alpha value is -2.25. The summed E-state index contributed by atoms with van der Waals surface area (Å²) in [4.78, 5) is 0. The fourth-order valence-electron chi connectivity index (χ4n) is 4.13. The lowest BCUT2D eigenvalue weighted by Gasteiger charge is -2.26. The first-order chi connectivity index (χ1) is 14.6. The summed E-state index contributed by atoms with van der Waals surface area (Å²) in [5, 5.41) is 0. The molecule has 1 unspecified atom stereocenters. The molecule has 2 aromatic rings. The summed E-state index contributed by atoms with van der Waals surface area (Å²) < 4.78 is 97.8. The van der Waals surface area contributed by atoms with Gasteiger partial charge in [-0.15, -0.1) is 13.2 Å². The number of unbranched alkanes of at least 4 members (excludes halogenated alkanes) is 1. The molecular formula is C23H23F7O. The second-order valence-corrected chi connectivity index (χ2v) is 7.98. The van der Waals surface area contributed by atoms with Crippen molar-refractivity contribution < 1.29 is 35.5 Å². The summed E-state index contributed by atoms with van der Waals surface area (Å²) in [6, 6.07) is 3.55. The van der Waals surface area contributed by atoms with Crippen molar-refractivity contribution >= 4 is 0 Å². The number of alkyl halides is 3. The van der Waals surface area contributed by atoms with Gasteiger partial charge in [0.1, 0.15) is 11.6 Å². The molecule has 0 saturated carbocycles. The molecule has 1 aliphatic rings. The molecule has 0 amide bonds. The number of halogens is 7. The Bertz CT molecular complexity index is 913. The van der Waals surface area contributed by atoms with Crippen LogP contribution >= 0.6 is 0 Å². The van der Waals surface area contributed by atoms with Crippen LogP contribution in [0.5, 0.6) is 5.75 Å². The highest BCUT2D eigenvalue weighted by Gasteiger charge is 2.36. The van der Waals surface area contributed by atoms with E-state index in [-0.39, 0.29) is 41.9 Å². The lowest BCUT2D eigenvalue weighted by Crippen LogP contribution is -2.22. The monoisotopic (exact) mass is 448 g/mol. The molecule has 0 N–H and O–H groups in total. The highest BCUT2D eigenvalue weighted by Crippen LogP contribution is 2.37. The van der Waals surface area contributed by atoms with E-state index in [1.54, 1.807) is 0 Å². The third-order valence-corrected chi connectivity index (χ3v) is 5.72. The topological polar surface area (TPSA) is 9.23 Å². The van der Waals surface area contributed by atoms with Gasteiger partial charge in [-0.1, -0.05) is 13.3 Å². The van der Waals surface area contributed by atoms with Gasteiger partial charge in [-0.3, -0.25) is 0 Å². The van der Waals surface area contributed by atoms with Gasteiger partial charge in [0.15, 0.2) is 11.6 Å². The molecule has 0 saturated heterocycles. The SMILES string of the molecule is CCCCc1cc(F)c(CCC2CCc3c(cc(F)c(OC(F)(F)F)c3F)C2)c(F)c1. The van der Waals surface area contributed by atoms with Crippen LogP contribution in [0.4, 0.5) is 30.7 Å². The van der Waals surface area contributed by atoms with E-state index >= 15 is 0 Å². The van der Waals surface area contributed by atoms with Gasteiger partial charge in [-0.2, -0.15) is 0 Å². The summed E-state index contributed by atoms with van der Waals surface area (Å²) in [6.07, 6.45) is -1.60. The Labute approximate surface area is 176 Å². The van der Waals surface area contributed by atoms with Crippen LogP contribution in [-0.2, 0) is 25.7 Å². The summed E-state index contributed by atoms with van der Waals surface area (Å²) >= 11 is 0. The summed E-state index contributed by atoms with van der Waals surface area (Å²) in [6.45, 7) is 1.99. The number of benzene rings is 2. The van der Waals surface area contributed by atoms with Crippen LogP contribution < -0.4 is 4.74 Å². The normalized spacial score (nSPS) is 16.3. The van der Waals surface area contributed by atoms with Crippen molar-refractivity contribution in [2.45, 2.75) is 64.7 Å². The van der Waals surface area contributed by atoms with Crippen molar-refractivity contribution in [2.75, 3.05) is 0 Å². The molecule has 0 spiro atoms. The van der Waals surface area contributed by atoms with Crippen molar-refractivity contribution in [1.29, 1.82) is 0 Å². The maximum atomic E-state index is 14.4. The molecule has 31 heavy (non-hydrogen) atoms. The van der Waals surface area contributed by atoms with Crippen molar-refractivity contribution in [2.24, 2.45) is 5.92 Å². The summed E-state index contributed by atoms with van der Waals surface area (Å²) in [5.41, 5.74) is 0.846. The van der Waals surface area contributed by atoms with Crippen molar-refractivity contribution in [3.05, 3.63) is 63.7 Å². The van der Waals surface area contributed by atoms with Gasteiger partial charge in [0.05, 0.1) is 0 Å². The van der Waals surface area contributed by atoms with Crippen LogP contribution in [0.15, 0.2) is 18.2 Å². The summed E-state index contributed by atoms with van der Waals surface area (Å²) in [5.74, 6) is -5.52. The third-order valence-electron chi connectivity index (χ3n) is 5.72. The highest BCUT2D eigenvalue weighted by molar-refractivity contribution is 5.41. The molecule has 1 atom stereocenters. The smallest absolute Gasteiger partial charge is 0.399 e. The summed E-state index contributed by atoms with van der Waals surface area (Å²) in [7, 11) is 0. The average Bonchev–Trinajstić information content (AvgIpc) is 2.68. The fraction of sp³-hybridized carbons (Fsp3) is 0.478. The fourth-order valence-corrected chi connectivity index (χ4v) is 4.13. The van der Waals surface area contributed by atoms with Crippen LogP contribution in [0, 0.1) is 29.2 Å². The minimum absolute atomic E-state index is 0.00506. The number of rotatable bonds is 7. The van der Waals surface area contributed by atoms with Gasteiger partial charge in [-0.25, -0.2) is 17.6 Å². The van der Waals surface area contributed by atoms with Crippen LogP contribution in [0.3, 0.4) is 0 Å². The first-order valence-electron chi connectivity index (χ1n) is 10.3. The lowest BCUT2D eigenvalue weighted by atomic mass is 9.80. The van der Waals surface area contributed by atoms with Gasteiger partial charge < -0.3 is 4.74 Å². The van der Waals surface area contributed by atoms with Crippen LogP contribution in [-0.4, -0.2) is 6.36 Å². The Morgan fingerprint density at radius 2 is 1.65 bits per heavy atom. The molecule has 1 nitrogen and oxygen atoms in total. The Balaban J connectivity index is 1.70. The quantitative estimate of drug-likeness (QED) is 0.406. The average molecular weight is 448 g/mol. The maximum Gasteiger partial charge on any atom is 0.573 e. The van der Waals surface area contributed by atoms with Crippen LogP contribution in [0.1, 0.15) is 54.9 Å². The van der Waals surface area contributed by atoms with E-state index in [0.717, 1.165) is 18.9 Å². The predicted molar refractivity (Wildman–Crippen MR) is 102 cm³/mol. The molecule has 170 valence electrons. The number of hydrogen-bond acceptors (Lipinski definition) is 1. The van der Waals surface area contributed by atoms with Crippen LogP contribution in [0.2, 0.25) is 0 Å². The first-order valence-corrected chi connectivity index (χ1v) is 10.3. The largest absolute Gasteiger partial charge is 0.573 e. The zero-order valence-electron chi connectivity index (χ0n) is 17.0. The zero-order chi connectivity index (χ0) is 22.8. The molecule has 2 aromatic carbocycles. The highest BCUT2D eigenvalue weighted by atomic mass is 19.4. The van der Waals surface area contributed by atoms with Gasteiger partial charge in [0.25, 0.3) is 0 Å². The second kappa shape index (κ2) is 9.49. The zero-order valence-corrected chi connectivity index (χ0v) is 17.0. The van der Waals surface area contributed by atoms with Gasteiger partial charge in [0.2, 0.25) is 5.75 Å². The van der Waals surface area contributed by atoms with Gasteiger partial charge in [-0.05, 0) is 85.8 Å². The Morgan fingerprint density at radius 3 is 2.26 bits per heavy atom. The van der Waals surface area contributed by atoms with E-state index in [0.29, 0.717) is 24.8 Å². The number of hydrogen-bond donors (Lipinski definition) is 0. The standard InChI is InChI=1S/C23H23F7O/c1-2-3-4-14-10-18(24)17(19(25)11-14)8-6-13-5-7-16-15(9-13)12-20(26)22(21(16)27)31-23(28,29)30/h10-13H,2-9H2,1H3. The molecular weight excluding hydrogens is 425 g/mol. The minimum atomic E-state index is -5.20. The van der Waals surface area contributed by atoms with Crippen molar-refractivity contribution in [3.63, 3.8) is 0 Å². The lowest BCUT2D eigenvalue weighted by molar-refractivity contribution is -0.276. The van der Waals surface area contributed by atoms with Gasteiger partial charge in [0, 0.05) is 5.56 Å². The maximum absolute atomic E-state index is 14.4. The number of ether oxygens (including phenoxy) is 1. The Morgan fingerprint density at radius 1 is 0.968 bits per heavy atom.